The molecule has 7 heteroatoms. The van der Waals surface area contributed by atoms with E-state index < -0.39 is 17.6 Å². The van der Waals surface area contributed by atoms with Gasteiger partial charge in [-0.1, -0.05) is 6.07 Å². The predicted molar refractivity (Wildman–Crippen MR) is 69.9 cm³/mol. The van der Waals surface area contributed by atoms with Crippen LogP contribution in [0.4, 0.5) is 17.6 Å². The maximum atomic E-state index is 13.5. The summed E-state index contributed by atoms with van der Waals surface area (Å²) in [6, 6.07) is 6.15. The largest absolute Gasteiger partial charge is 0.490 e. The molecule has 2 aromatic carbocycles. The molecule has 22 heavy (non-hydrogen) atoms. The fourth-order valence-corrected chi connectivity index (χ4v) is 1.78. The van der Waals surface area contributed by atoms with Crippen molar-refractivity contribution in [2.75, 3.05) is 7.11 Å². The Hall–Kier alpha value is -2.57. The minimum absolute atomic E-state index is 0.0979. The van der Waals surface area contributed by atoms with Crippen molar-refractivity contribution in [2.24, 2.45) is 0 Å². The summed E-state index contributed by atoms with van der Waals surface area (Å²) < 4.78 is 61.8. The SMILES string of the molecule is COc1c(F)cccc1Oc1cc(C(F)(F)F)ccc1C=O. The summed E-state index contributed by atoms with van der Waals surface area (Å²) in [5.74, 6) is -1.48. The average molecular weight is 314 g/mol. The number of carbonyl (C=O) groups excluding carboxylic acids is 1. The van der Waals surface area contributed by atoms with Crippen LogP contribution < -0.4 is 9.47 Å². The molecule has 0 aliphatic carbocycles. The second-order valence-electron chi connectivity index (χ2n) is 4.24. The monoisotopic (exact) mass is 314 g/mol. The highest BCUT2D eigenvalue weighted by Gasteiger charge is 2.31. The standard InChI is InChI=1S/C15H10F4O3/c1-21-14-11(16)3-2-4-12(14)22-13-7-10(15(17,18)19)6-5-9(13)8-20/h2-8H,1H3. The highest BCUT2D eigenvalue weighted by Crippen LogP contribution is 2.37. The van der Waals surface area contributed by atoms with Crippen LogP contribution in [-0.4, -0.2) is 13.4 Å². The Balaban J connectivity index is 2.49. The van der Waals surface area contributed by atoms with Gasteiger partial charge in [-0.05, 0) is 30.3 Å². The van der Waals surface area contributed by atoms with Gasteiger partial charge in [-0.2, -0.15) is 13.2 Å². The van der Waals surface area contributed by atoms with Crippen LogP contribution in [0.2, 0.25) is 0 Å². The number of rotatable bonds is 4. The quantitative estimate of drug-likeness (QED) is 0.617. The van der Waals surface area contributed by atoms with Crippen LogP contribution in [0.15, 0.2) is 36.4 Å². The molecule has 0 radical (unpaired) electrons. The van der Waals surface area contributed by atoms with Gasteiger partial charge in [-0.25, -0.2) is 4.39 Å². The van der Waals surface area contributed by atoms with Crippen molar-refractivity contribution < 1.29 is 31.8 Å². The maximum Gasteiger partial charge on any atom is 0.416 e. The molecule has 116 valence electrons. The number of methoxy groups -OCH3 is 1. The molecule has 0 aliphatic rings. The van der Waals surface area contributed by atoms with Crippen molar-refractivity contribution in [2.45, 2.75) is 6.18 Å². The number of hydrogen-bond donors (Lipinski definition) is 0. The van der Waals surface area contributed by atoms with Crippen LogP contribution in [0.3, 0.4) is 0 Å². The van der Waals surface area contributed by atoms with E-state index in [1.165, 1.54) is 19.2 Å². The molecule has 0 spiro atoms. The first-order valence-electron chi connectivity index (χ1n) is 6.03. The molecule has 2 aromatic rings. The highest BCUT2D eigenvalue weighted by molar-refractivity contribution is 5.79. The van der Waals surface area contributed by atoms with E-state index in [2.05, 4.69) is 0 Å². The van der Waals surface area contributed by atoms with Crippen molar-refractivity contribution in [1.29, 1.82) is 0 Å². The maximum absolute atomic E-state index is 13.5. The number of ether oxygens (including phenoxy) is 2. The molecular weight excluding hydrogens is 304 g/mol. The summed E-state index contributed by atoms with van der Waals surface area (Å²) in [7, 11) is 1.19. The van der Waals surface area contributed by atoms with Crippen LogP contribution in [0, 0.1) is 5.82 Å². The van der Waals surface area contributed by atoms with Crippen LogP contribution in [-0.2, 0) is 6.18 Å². The number of aldehydes is 1. The Labute approximate surface area is 123 Å². The van der Waals surface area contributed by atoms with E-state index in [1.807, 2.05) is 0 Å². The van der Waals surface area contributed by atoms with Gasteiger partial charge in [0.05, 0.1) is 18.2 Å². The van der Waals surface area contributed by atoms with E-state index in [9.17, 15) is 22.4 Å². The van der Waals surface area contributed by atoms with Gasteiger partial charge in [-0.15, -0.1) is 0 Å². The molecule has 3 nitrogen and oxygen atoms in total. The lowest BCUT2D eigenvalue weighted by molar-refractivity contribution is -0.137. The van der Waals surface area contributed by atoms with Crippen LogP contribution >= 0.6 is 0 Å². The first kappa shape index (κ1) is 15.8. The van der Waals surface area contributed by atoms with Crippen molar-refractivity contribution in [1.82, 2.24) is 0 Å². The topological polar surface area (TPSA) is 35.5 Å². The molecule has 0 bridgehead atoms. The molecule has 0 unspecified atom stereocenters. The minimum Gasteiger partial charge on any atom is -0.490 e. The second kappa shape index (κ2) is 6.05. The number of benzene rings is 2. The zero-order valence-electron chi connectivity index (χ0n) is 11.3. The van der Waals surface area contributed by atoms with Crippen molar-refractivity contribution >= 4 is 6.29 Å². The zero-order chi connectivity index (χ0) is 16.3. The third-order valence-electron chi connectivity index (χ3n) is 2.82. The third kappa shape index (κ3) is 3.19. The van der Waals surface area contributed by atoms with Crippen LogP contribution in [0.1, 0.15) is 15.9 Å². The molecule has 2 rings (SSSR count). The molecule has 0 saturated carbocycles. The zero-order valence-corrected chi connectivity index (χ0v) is 11.3. The van der Waals surface area contributed by atoms with Gasteiger partial charge in [0.2, 0.25) is 0 Å². The van der Waals surface area contributed by atoms with E-state index >= 15 is 0 Å². The van der Waals surface area contributed by atoms with E-state index in [4.69, 9.17) is 9.47 Å². The first-order valence-corrected chi connectivity index (χ1v) is 6.03. The highest BCUT2D eigenvalue weighted by atomic mass is 19.4. The fourth-order valence-electron chi connectivity index (χ4n) is 1.78. The Bertz CT molecular complexity index is 696. The Kier molecular flexibility index (Phi) is 4.35. The second-order valence-corrected chi connectivity index (χ2v) is 4.24. The molecule has 0 fully saturated rings. The molecule has 0 atom stereocenters. The fraction of sp³-hybridized carbons (Fsp3) is 0.133. The van der Waals surface area contributed by atoms with Gasteiger partial charge in [0.1, 0.15) is 5.75 Å². The van der Waals surface area contributed by atoms with E-state index in [-0.39, 0.29) is 22.8 Å². The van der Waals surface area contributed by atoms with Gasteiger partial charge >= 0.3 is 6.18 Å². The molecular formula is C15H10F4O3. The minimum atomic E-state index is -4.59. The Morgan fingerprint density at radius 3 is 2.41 bits per heavy atom. The van der Waals surface area contributed by atoms with E-state index in [0.29, 0.717) is 12.4 Å². The van der Waals surface area contributed by atoms with E-state index in [0.717, 1.165) is 18.2 Å². The molecule has 0 saturated heterocycles. The van der Waals surface area contributed by atoms with Gasteiger partial charge < -0.3 is 9.47 Å². The third-order valence-corrected chi connectivity index (χ3v) is 2.82. The summed E-state index contributed by atoms with van der Waals surface area (Å²) in [6.07, 6.45) is -4.24. The average Bonchev–Trinajstić information content (AvgIpc) is 2.46. The molecule has 0 heterocycles. The van der Waals surface area contributed by atoms with E-state index in [1.54, 1.807) is 0 Å². The number of carbonyl (C=O) groups is 1. The van der Waals surface area contributed by atoms with Crippen LogP contribution in [0.5, 0.6) is 17.2 Å². The van der Waals surface area contributed by atoms with Gasteiger partial charge in [0.25, 0.3) is 0 Å². The smallest absolute Gasteiger partial charge is 0.416 e. The number of para-hydroxylation sites is 1. The molecule has 0 aromatic heterocycles. The van der Waals surface area contributed by atoms with Gasteiger partial charge in [0.15, 0.2) is 23.6 Å². The lowest BCUT2D eigenvalue weighted by Crippen LogP contribution is -2.06. The molecule has 0 N–H and O–H groups in total. The molecule has 0 aliphatic heterocycles. The number of halogens is 4. The summed E-state index contributed by atoms with van der Waals surface area (Å²) >= 11 is 0. The summed E-state index contributed by atoms with van der Waals surface area (Å²) in [6.45, 7) is 0. The molecule has 0 amide bonds. The summed E-state index contributed by atoms with van der Waals surface area (Å²) in [5, 5.41) is 0. The lowest BCUT2D eigenvalue weighted by Gasteiger charge is -2.14. The van der Waals surface area contributed by atoms with Crippen molar-refractivity contribution in [3.05, 3.63) is 53.3 Å². The lowest BCUT2D eigenvalue weighted by atomic mass is 10.1. The summed E-state index contributed by atoms with van der Waals surface area (Å²) in [5.41, 5.74) is -1.08. The normalized spacial score (nSPS) is 11.1. The predicted octanol–water partition coefficient (Wildman–Crippen LogP) is 4.46. The van der Waals surface area contributed by atoms with Gasteiger partial charge in [-0.3, -0.25) is 4.79 Å². The van der Waals surface area contributed by atoms with Crippen molar-refractivity contribution in [3.8, 4) is 17.2 Å². The number of alkyl halides is 3. The first-order chi connectivity index (χ1) is 10.4. The Morgan fingerprint density at radius 2 is 1.82 bits per heavy atom. The summed E-state index contributed by atoms with van der Waals surface area (Å²) in [4.78, 5) is 10.9. The van der Waals surface area contributed by atoms with Crippen molar-refractivity contribution in [3.63, 3.8) is 0 Å². The van der Waals surface area contributed by atoms with Crippen LogP contribution in [0.25, 0.3) is 0 Å². The Morgan fingerprint density at radius 1 is 1.09 bits per heavy atom. The number of hydrogen-bond acceptors (Lipinski definition) is 3. The van der Waals surface area contributed by atoms with Gasteiger partial charge in [0, 0.05) is 0 Å².